The van der Waals surface area contributed by atoms with Gasteiger partial charge in [-0.2, -0.15) is 0 Å². The van der Waals surface area contributed by atoms with Crippen molar-refractivity contribution in [1.82, 2.24) is 4.98 Å². The van der Waals surface area contributed by atoms with E-state index in [1.807, 2.05) is 36.5 Å². The molecule has 1 aromatic heterocycles. The fraction of sp³-hybridized carbons (Fsp3) is 0. The van der Waals surface area contributed by atoms with E-state index in [1.165, 1.54) is 9.80 Å². The normalized spacial score (nSPS) is 10.0. The Labute approximate surface area is 87.0 Å². The SMILES string of the molecule is [Li][c]1ccccc1-c1ccccn1. The van der Waals surface area contributed by atoms with Crippen LogP contribution in [0.4, 0.5) is 0 Å². The second-order valence-electron chi connectivity index (χ2n) is 3.03. The number of aromatic nitrogens is 1. The predicted octanol–water partition coefficient (Wildman–Crippen LogP) is 1.54. The van der Waals surface area contributed by atoms with Gasteiger partial charge in [-0.3, -0.25) is 0 Å². The third-order valence-corrected chi connectivity index (χ3v) is 2.09. The molecule has 0 atom stereocenters. The minimum absolute atomic E-state index is 1.04. The maximum absolute atomic E-state index is 4.31. The number of rotatable bonds is 1. The monoisotopic (exact) mass is 161 g/mol. The molecule has 0 unspecified atom stereocenters. The van der Waals surface area contributed by atoms with Gasteiger partial charge >= 0.3 is 86.9 Å². The number of hydrogen-bond donors (Lipinski definition) is 0. The predicted molar refractivity (Wildman–Crippen MR) is 55.1 cm³/mol. The summed E-state index contributed by atoms with van der Waals surface area (Å²) in [4.78, 5) is 4.31. The van der Waals surface area contributed by atoms with Gasteiger partial charge in [0.25, 0.3) is 0 Å². The van der Waals surface area contributed by atoms with Gasteiger partial charge in [0.1, 0.15) is 0 Å². The van der Waals surface area contributed by atoms with Crippen LogP contribution in [-0.4, -0.2) is 22.7 Å². The zero-order chi connectivity index (χ0) is 9.10. The Bertz CT molecular complexity index is 398. The van der Waals surface area contributed by atoms with Gasteiger partial charge in [0.15, 0.2) is 0 Å². The molecule has 13 heavy (non-hydrogen) atoms. The molecule has 0 N–H and O–H groups in total. The minimum atomic E-state index is 1.04. The third-order valence-electron chi connectivity index (χ3n) is 2.09. The van der Waals surface area contributed by atoms with Crippen molar-refractivity contribution >= 4 is 22.0 Å². The molecule has 0 fully saturated rings. The quantitative estimate of drug-likeness (QED) is 0.578. The molecule has 0 aliphatic rings. The van der Waals surface area contributed by atoms with E-state index in [0.29, 0.717) is 0 Å². The second-order valence-corrected chi connectivity index (χ2v) is 3.03. The standard InChI is InChI=1S/C11H8N.Li/c1-2-6-10(7-3-1)11-8-4-5-9-12-11;/h1-6,8-9H;. The van der Waals surface area contributed by atoms with Crippen LogP contribution in [0.15, 0.2) is 48.7 Å². The Hall–Kier alpha value is -1.03. The summed E-state index contributed by atoms with van der Waals surface area (Å²) in [7, 11) is 0. The maximum atomic E-state index is 4.31. The summed E-state index contributed by atoms with van der Waals surface area (Å²) < 4.78 is 1.27. The molecule has 1 nitrogen and oxygen atoms in total. The first-order valence-corrected chi connectivity index (χ1v) is 4.35. The van der Waals surface area contributed by atoms with Crippen LogP contribution < -0.4 is 4.24 Å². The van der Waals surface area contributed by atoms with Gasteiger partial charge < -0.3 is 0 Å². The molecule has 2 heteroatoms. The van der Waals surface area contributed by atoms with E-state index in [4.69, 9.17) is 0 Å². The Morgan fingerprint density at radius 3 is 2.38 bits per heavy atom. The van der Waals surface area contributed by atoms with E-state index in [0.717, 1.165) is 5.69 Å². The average molecular weight is 161 g/mol. The van der Waals surface area contributed by atoms with Crippen LogP contribution in [0.1, 0.15) is 0 Å². The van der Waals surface area contributed by atoms with E-state index >= 15 is 0 Å². The molecular formula is C11H8LiN. The molecule has 58 valence electrons. The zero-order valence-electron chi connectivity index (χ0n) is 7.57. The van der Waals surface area contributed by atoms with E-state index < -0.39 is 0 Å². The van der Waals surface area contributed by atoms with Crippen molar-refractivity contribution in [2.45, 2.75) is 0 Å². The van der Waals surface area contributed by atoms with Crippen LogP contribution >= 0.6 is 0 Å². The van der Waals surface area contributed by atoms with Gasteiger partial charge in [-0.1, -0.05) is 0 Å². The van der Waals surface area contributed by atoms with Crippen molar-refractivity contribution in [1.29, 1.82) is 0 Å². The zero-order valence-corrected chi connectivity index (χ0v) is 7.57. The summed E-state index contributed by atoms with van der Waals surface area (Å²) in [6, 6.07) is 14.2. The van der Waals surface area contributed by atoms with Crippen molar-refractivity contribution in [2.75, 3.05) is 0 Å². The summed E-state index contributed by atoms with van der Waals surface area (Å²) in [5.41, 5.74) is 2.25. The topological polar surface area (TPSA) is 12.9 Å². The van der Waals surface area contributed by atoms with E-state index in [1.54, 1.807) is 0 Å². The first kappa shape index (κ1) is 8.56. The van der Waals surface area contributed by atoms with Gasteiger partial charge in [0.2, 0.25) is 0 Å². The van der Waals surface area contributed by atoms with Crippen LogP contribution in [0.25, 0.3) is 11.3 Å². The van der Waals surface area contributed by atoms with Crippen LogP contribution in [0, 0.1) is 0 Å². The fourth-order valence-corrected chi connectivity index (χ4v) is 1.38. The van der Waals surface area contributed by atoms with Gasteiger partial charge in [-0.15, -0.1) is 0 Å². The van der Waals surface area contributed by atoms with Crippen LogP contribution in [-0.2, 0) is 0 Å². The molecule has 1 aromatic carbocycles. The molecule has 0 aliphatic heterocycles. The first-order chi connectivity index (χ1) is 6.38. The second kappa shape index (κ2) is 3.78. The molecule has 0 bridgehead atoms. The summed E-state index contributed by atoms with van der Waals surface area (Å²) in [6.07, 6.45) is 1.82. The van der Waals surface area contributed by atoms with Crippen LogP contribution in [0.3, 0.4) is 0 Å². The van der Waals surface area contributed by atoms with Crippen molar-refractivity contribution in [3.63, 3.8) is 0 Å². The van der Waals surface area contributed by atoms with Gasteiger partial charge in [0.05, 0.1) is 0 Å². The number of hydrogen-bond acceptors (Lipinski definition) is 1. The molecular weight excluding hydrogens is 153 g/mol. The molecule has 2 aromatic rings. The molecule has 0 saturated carbocycles. The molecule has 0 amide bonds. The Morgan fingerprint density at radius 2 is 1.69 bits per heavy atom. The van der Waals surface area contributed by atoms with Gasteiger partial charge in [-0.25, -0.2) is 0 Å². The van der Waals surface area contributed by atoms with Gasteiger partial charge in [-0.05, 0) is 0 Å². The van der Waals surface area contributed by atoms with Crippen LogP contribution in [0.5, 0.6) is 0 Å². The van der Waals surface area contributed by atoms with Crippen molar-refractivity contribution in [2.24, 2.45) is 0 Å². The summed E-state index contributed by atoms with van der Waals surface area (Å²) in [5, 5.41) is 0. The van der Waals surface area contributed by atoms with Crippen LogP contribution in [0.2, 0.25) is 0 Å². The molecule has 0 spiro atoms. The summed E-state index contributed by atoms with van der Waals surface area (Å²) in [6.45, 7) is 0. The van der Waals surface area contributed by atoms with E-state index in [9.17, 15) is 0 Å². The average Bonchev–Trinajstić information content (AvgIpc) is 2.20. The Morgan fingerprint density at radius 1 is 0.923 bits per heavy atom. The molecule has 0 radical (unpaired) electrons. The van der Waals surface area contributed by atoms with Crippen molar-refractivity contribution < 1.29 is 0 Å². The Balaban J connectivity index is 2.54. The molecule has 1 heterocycles. The molecule has 2 rings (SSSR count). The van der Waals surface area contributed by atoms with Crippen molar-refractivity contribution in [3.8, 4) is 11.3 Å². The van der Waals surface area contributed by atoms with Crippen molar-refractivity contribution in [3.05, 3.63) is 48.7 Å². The number of pyridine rings is 1. The number of nitrogens with zero attached hydrogens (tertiary/aromatic N) is 1. The van der Waals surface area contributed by atoms with E-state index in [2.05, 4.69) is 34.8 Å². The first-order valence-electron chi connectivity index (χ1n) is 4.35. The fourth-order valence-electron chi connectivity index (χ4n) is 1.38. The van der Waals surface area contributed by atoms with E-state index in [-0.39, 0.29) is 0 Å². The third kappa shape index (κ3) is 1.83. The summed E-state index contributed by atoms with van der Waals surface area (Å²) in [5.74, 6) is 0. The number of benzene rings is 1. The van der Waals surface area contributed by atoms with Gasteiger partial charge in [0, 0.05) is 0 Å². The summed E-state index contributed by atoms with van der Waals surface area (Å²) >= 11 is 2.10. The molecule has 0 saturated heterocycles. The molecule has 0 aliphatic carbocycles. The Kier molecular flexibility index (Phi) is 2.49.